The number of amides is 1. The second kappa shape index (κ2) is 6.66. The topological polar surface area (TPSA) is 41.1 Å². The van der Waals surface area contributed by atoms with Crippen LogP contribution >= 0.6 is 11.3 Å². The summed E-state index contributed by atoms with van der Waals surface area (Å²) in [4.78, 5) is 12.8. The lowest BCUT2D eigenvalue weighted by molar-refractivity contribution is -0.121. The third kappa shape index (κ3) is 4.77. The predicted octanol–water partition coefficient (Wildman–Crippen LogP) is 2.31. The zero-order valence-corrected chi connectivity index (χ0v) is 10.9. The van der Waals surface area contributed by atoms with E-state index in [1.807, 2.05) is 24.4 Å². The van der Waals surface area contributed by atoms with Crippen molar-refractivity contribution in [3.63, 3.8) is 0 Å². The fraction of sp³-hybridized carbons (Fsp3) is 0.583. The fourth-order valence-electron chi connectivity index (χ4n) is 1.40. The van der Waals surface area contributed by atoms with Crippen molar-refractivity contribution in [3.8, 4) is 0 Å². The molecule has 0 fully saturated rings. The molecule has 4 heteroatoms. The van der Waals surface area contributed by atoms with Crippen LogP contribution in [0.2, 0.25) is 0 Å². The summed E-state index contributed by atoms with van der Waals surface area (Å²) in [5.41, 5.74) is 0. The van der Waals surface area contributed by atoms with Crippen LogP contribution < -0.4 is 10.6 Å². The second-order valence-electron chi connectivity index (χ2n) is 4.16. The maximum atomic E-state index is 11.6. The van der Waals surface area contributed by atoms with Crippen molar-refractivity contribution >= 4 is 17.2 Å². The minimum Gasteiger partial charge on any atom is -0.349 e. The van der Waals surface area contributed by atoms with Gasteiger partial charge in [-0.25, -0.2) is 0 Å². The zero-order chi connectivity index (χ0) is 12.0. The molecule has 0 aliphatic heterocycles. The molecule has 0 radical (unpaired) electrons. The van der Waals surface area contributed by atoms with Gasteiger partial charge >= 0.3 is 0 Å². The maximum Gasteiger partial charge on any atom is 0.221 e. The van der Waals surface area contributed by atoms with Crippen LogP contribution in [0.25, 0.3) is 0 Å². The molecule has 1 atom stereocenters. The molecule has 0 aliphatic rings. The summed E-state index contributed by atoms with van der Waals surface area (Å²) < 4.78 is 0. The summed E-state index contributed by atoms with van der Waals surface area (Å²) in [6, 6.07) is 4.60. The highest BCUT2D eigenvalue weighted by molar-refractivity contribution is 7.10. The van der Waals surface area contributed by atoms with E-state index in [1.54, 1.807) is 11.3 Å². The van der Waals surface area contributed by atoms with E-state index in [2.05, 4.69) is 24.5 Å². The highest BCUT2D eigenvalue weighted by Crippen LogP contribution is 2.17. The molecule has 0 spiro atoms. The van der Waals surface area contributed by atoms with Gasteiger partial charge in [0.25, 0.3) is 0 Å². The molecule has 90 valence electrons. The Morgan fingerprint density at radius 2 is 2.19 bits per heavy atom. The maximum absolute atomic E-state index is 11.6. The molecule has 1 heterocycles. The van der Waals surface area contributed by atoms with E-state index >= 15 is 0 Å². The molecule has 16 heavy (non-hydrogen) atoms. The Bertz CT molecular complexity index is 309. The molecule has 1 aromatic heterocycles. The van der Waals surface area contributed by atoms with E-state index in [0.717, 1.165) is 6.54 Å². The first-order chi connectivity index (χ1) is 7.59. The summed E-state index contributed by atoms with van der Waals surface area (Å²) >= 11 is 1.67. The first kappa shape index (κ1) is 13.2. The third-order valence-corrected chi connectivity index (χ3v) is 3.31. The smallest absolute Gasteiger partial charge is 0.221 e. The van der Waals surface area contributed by atoms with Crippen molar-refractivity contribution in [3.05, 3.63) is 22.4 Å². The molecule has 2 N–H and O–H groups in total. The lowest BCUT2D eigenvalue weighted by Gasteiger charge is -2.13. The zero-order valence-electron chi connectivity index (χ0n) is 10.1. The average Bonchev–Trinajstić information content (AvgIpc) is 2.69. The first-order valence-corrected chi connectivity index (χ1v) is 6.53. The van der Waals surface area contributed by atoms with Crippen LogP contribution in [-0.4, -0.2) is 18.5 Å². The van der Waals surface area contributed by atoms with Crippen molar-refractivity contribution < 1.29 is 4.79 Å². The minimum absolute atomic E-state index is 0.106. The van der Waals surface area contributed by atoms with Gasteiger partial charge in [0.1, 0.15) is 0 Å². The largest absolute Gasteiger partial charge is 0.349 e. The van der Waals surface area contributed by atoms with Crippen LogP contribution in [0.4, 0.5) is 0 Å². The van der Waals surface area contributed by atoms with Crippen molar-refractivity contribution in [1.82, 2.24) is 10.6 Å². The summed E-state index contributed by atoms with van der Waals surface area (Å²) in [7, 11) is 0. The van der Waals surface area contributed by atoms with Crippen molar-refractivity contribution in [2.45, 2.75) is 39.3 Å². The normalized spacial score (nSPS) is 12.8. The van der Waals surface area contributed by atoms with E-state index in [4.69, 9.17) is 0 Å². The standard InChI is InChI=1S/C12H20N2OS/c1-9(2)13-7-6-12(15)14-10(3)11-5-4-8-16-11/h4-5,8-10,13H,6-7H2,1-3H3,(H,14,15)/t10-/m1/s1. The minimum atomic E-state index is 0.106. The first-order valence-electron chi connectivity index (χ1n) is 5.65. The Morgan fingerprint density at radius 1 is 1.44 bits per heavy atom. The second-order valence-corrected chi connectivity index (χ2v) is 5.14. The summed E-state index contributed by atoms with van der Waals surface area (Å²) in [5, 5.41) is 8.24. The summed E-state index contributed by atoms with van der Waals surface area (Å²) in [5.74, 6) is 0.106. The van der Waals surface area contributed by atoms with Gasteiger partial charge in [-0.2, -0.15) is 0 Å². The Kier molecular flexibility index (Phi) is 5.49. The van der Waals surface area contributed by atoms with Crippen LogP contribution in [0.1, 0.15) is 38.1 Å². The molecule has 3 nitrogen and oxygen atoms in total. The van der Waals surface area contributed by atoms with E-state index < -0.39 is 0 Å². The van der Waals surface area contributed by atoms with E-state index in [-0.39, 0.29) is 11.9 Å². The molecule has 0 aromatic carbocycles. The molecule has 0 saturated carbocycles. The Balaban J connectivity index is 2.24. The average molecular weight is 240 g/mol. The van der Waals surface area contributed by atoms with Crippen molar-refractivity contribution in [2.75, 3.05) is 6.54 Å². The van der Waals surface area contributed by atoms with E-state index in [0.29, 0.717) is 12.5 Å². The molecular formula is C12H20N2OS. The van der Waals surface area contributed by atoms with Gasteiger partial charge < -0.3 is 10.6 Å². The Hall–Kier alpha value is -0.870. The Morgan fingerprint density at radius 3 is 2.75 bits per heavy atom. The highest BCUT2D eigenvalue weighted by atomic mass is 32.1. The monoisotopic (exact) mass is 240 g/mol. The van der Waals surface area contributed by atoms with E-state index in [1.165, 1.54) is 4.88 Å². The van der Waals surface area contributed by atoms with Gasteiger partial charge in [-0.05, 0) is 18.4 Å². The van der Waals surface area contributed by atoms with E-state index in [9.17, 15) is 4.79 Å². The molecule has 0 unspecified atom stereocenters. The molecule has 0 bridgehead atoms. The lowest BCUT2D eigenvalue weighted by Crippen LogP contribution is -2.31. The van der Waals surface area contributed by atoms with Gasteiger partial charge in [0, 0.05) is 23.9 Å². The molecular weight excluding hydrogens is 220 g/mol. The number of hydrogen-bond donors (Lipinski definition) is 2. The van der Waals surface area contributed by atoms with Crippen molar-refractivity contribution in [2.24, 2.45) is 0 Å². The lowest BCUT2D eigenvalue weighted by atomic mass is 10.2. The molecule has 1 aromatic rings. The van der Waals surface area contributed by atoms with Gasteiger partial charge in [0.2, 0.25) is 5.91 Å². The molecule has 1 rings (SSSR count). The van der Waals surface area contributed by atoms with Crippen LogP contribution in [0.15, 0.2) is 17.5 Å². The third-order valence-electron chi connectivity index (χ3n) is 2.25. The molecule has 0 saturated heterocycles. The van der Waals surface area contributed by atoms with Crippen LogP contribution in [0, 0.1) is 0 Å². The van der Waals surface area contributed by atoms with Gasteiger partial charge in [-0.15, -0.1) is 11.3 Å². The van der Waals surface area contributed by atoms with Gasteiger partial charge in [-0.3, -0.25) is 4.79 Å². The Labute approximate surface area is 101 Å². The number of carbonyl (C=O) groups is 1. The predicted molar refractivity (Wildman–Crippen MR) is 68.6 cm³/mol. The van der Waals surface area contributed by atoms with Crippen LogP contribution in [0.5, 0.6) is 0 Å². The summed E-state index contributed by atoms with van der Waals surface area (Å²) in [6.45, 7) is 6.90. The highest BCUT2D eigenvalue weighted by Gasteiger charge is 2.09. The molecule has 0 aliphatic carbocycles. The molecule has 1 amide bonds. The van der Waals surface area contributed by atoms with Gasteiger partial charge in [0.15, 0.2) is 0 Å². The fourth-order valence-corrected chi connectivity index (χ4v) is 2.13. The summed E-state index contributed by atoms with van der Waals surface area (Å²) in [6.07, 6.45) is 0.536. The number of nitrogens with one attached hydrogen (secondary N) is 2. The number of thiophene rings is 1. The van der Waals surface area contributed by atoms with Gasteiger partial charge in [0.05, 0.1) is 6.04 Å². The SMILES string of the molecule is CC(C)NCCC(=O)N[C@H](C)c1cccs1. The van der Waals surface area contributed by atoms with Crippen LogP contribution in [0.3, 0.4) is 0 Å². The van der Waals surface area contributed by atoms with Gasteiger partial charge in [-0.1, -0.05) is 19.9 Å². The quantitative estimate of drug-likeness (QED) is 0.801. The van der Waals surface area contributed by atoms with Crippen LogP contribution in [-0.2, 0) is 4.79 Å². The number of hydrogen-bond acceptors (Lipinski definition) is 3. The number of carbonyl (C=O) groups excluding carboxylic acids is 1. The van der Waals surface area contributed by atoms with Crippen molar-refractivity contribution in [1.29, 1.82) is 0 Å². The number of rotatable bonds is 6.